The van der Waals surface area contributed by atoms with Gasteiger partial charge in [0.2, 0.25) is 16.3 Å². The van der Waals surface area contributed by atoms with Gasteiger partial charge >= 0.3 is 5.97 Å². The average molecular weight is 258 g/mol. The van der Waals surface area contributed by atoms with E-state index >= 15 is 0 Å². The van der Waals surface area contributed by atoms with Crippen molar-refractivity contribution in [3.8, 4) is 0 Å². The van der Waals surface area contributed by atoms with Crippen LogP contribution in [0.2, 0.25) is 0 Å². The molecule has 0 N–H and O–H groups in total. The number of rotatable bonds is 4. The lowest BCUT2D eigenvalue weighted by Gasteiger charge is -2.00. The second-order valence-electron chi connectivity index (χ2n) is 2.40. The molecular formula is C9H8BrNO3. The number of carbonyl (C=O) groups is 1. The Kier molecular flexibility index (Phi) is 4.71. The maximum atomic E-state index is 10.9. The van der Waals surface area contributed by atoms with E-state index in [2.05, 4.69) is 25.3 Å². The lowest BCUT2D eigenvalue weighted by Crippen LogP contribution is -2.05. The van der Waals surface area contributed by atoms with Crippen molar-refractivity contribution in [2.45, 2.75) is 6.61 Å². The second kappa shape index (κ2) is 6.15. The minimum Gasteiger partial charge on any atom is -0.456 e. The van der Waals surface area contributed by atoms with Gasteiger partial charge in [0.05, 0.1) is 0 Å². The molecule has 0 amide bonds. The number of ether oxygens (including phenoxy) is 1. The SMILES string of the molecule is O=C(/C=N/OBr)OCc1ccccc1. The number of nitrogens with zero attached hydrogens (tertiary/aromatic N) is 1. The van der Waals surface area contributed by atoms with E-state index in [0.29, 0.717) is 0 Å². The van der Waals surface area contributed by atoms with Crippen LogP contribution in [0.3, 0.4) is 0 Å². The molecule has 5 heteroatoms. The highest BCUT2D eigenvalue weighted by Crippen LogP contribution is 2.00. The molecule has 1 aromatic rings. The predicted octanol–water partition coefficient (Wildman–Crippen LogP) is 2.04. The number of halogens is 1. The van der Waals surface area contributed by atoms with Crippen molar-refractivity contribution >= 4 is 28.4 Å². The highest BCUT2D eigenvalue weighted by molar-refractivity contribution is 9.05. The molecule has 0 aliphatic heterocycles. The van der Waals surface area contributed by atoms with Gasteiger partial charge in [-0.15, -0.1) is 0 Å². The Labute approximate surface area is 90.0 Å². The molecule has 14 heavy (non-hydrogen) atoms. The van der Waals surface area contributed by atoms with Gasteiger partial charge in [0.15, 0.2) is 6.21 Å². The van der Waals surface area contributed by atoms with Crippen LogP contribution in [0.1, 0.15) is 5.56 Å². The predicted molar refractivity (Wildman–Crippen MR) is 54.7 cm³/mol. The van der Waals surface area contributed by atoms with E-state index in [0.717, 1.165) is 11.8 Å². The van der Waals surface area contributed by atoms with Crippen LogP contribution in [0.25, 0.3) is 0 Å². The van der Waals surface area contributed by atoms with Gasteiger partial charge in [-0.3, -0.25) is 0 Å². The van der Waals surface area contributed by atoms with Crippen molar-refractivity contribution in [3.05, 3.63) is 35.9 Å². The molecule has 0 aliphatic rings. The summed E-state index contributed by atoms with van der Waals surface area (Å²) in [5.74, 6) is -0.548. The van der Waals surface area contributed by atoms with Crippen LogP contribution in [0, 0.1) is 0 Å². The molecule has 0 atom stereocenters. The van der Waals surface area contributed by atoms with E-state index in [1.165, 1.54) is 0 Å². The highest BCUT2D eigenvalue weighted by Gasteiger charge is 1.98. The first-order valence-electron chi connectivity index (χ1n) is 3.84. The van der Waals surface area contributed by atoms with Gasteiger partial charge < -0.3 is 8.67 Å². The third kappa shape index (κ3) is 4.04. The summed E-state index contributed by atoms with van der Waals surface area (Å²) >= 11 is 2.57. The molecule has 4 nitrogen and oxygen atoms in total. The lowest BCUT2D eigenvalue weighted by atomic mass is 10.2. The average Bonchev–Trinajstić information content (AvgIpc) is 2.25. The Hall–Kier alpha value is -1.36. The van der Waals surface area contributed by atoms with Crippen molar-refractivity contribution in [1.29, 1.82) is 0 Å². The summed E-state index contributed by atoms with van der Waals surface area (Å²) in [6, 6.07) is 9.37. The summed E-state index contributed by atoms with van der Waals surface area (Å²) in [6.07, 6.45) is 0.942. The monoisotopic (exact) mass is 257 g/mol. The van der Waals surface area contributed by atoms with Gasteiger partial charge in [-0.2, -0.15) is 0 Å². The smallest absolute Gasteiger partial charge is 0.353 e. The van der Waals surface area contributed by atoms with E-state index in [1.807, 2.05) is 30.3 Å². The summed E-state index contributed by atoms with van der Waals surface area (Å²) < 4.78 is 8.99. The molecule has 0 aromatic heterocycles. The third-order valence-electron chi connectivity index (χ3n) is 1.42. The Balaban J connectivity index is 2.34. The maximum absolute atomic E-state index is 10.9. The summed E-state index contributed by atoms with van der Waals surface area (Å²) in [6.45, 7) is 0.230. The zero-order valence-electron chi connectivity index (χ0n) is 7.22. The van der Waals surface area contributed by atoms with Crippen molar-refractivity contribution in [2.75, 3.05) is 0 Å². The highest BCUT2D eigenvalue weighted by atomic mass is 79.9. The Morgan fingerprint density at radius 3 is 2.79 bits per heavy atom. The van der Waals surface area contributed by atoms with E-state index in [-0.39, 0.29) is 6.61 Å². The van der Waals surface area contributed by atoms with Gasteiger partial charge in [-0.1, -0.05) is 35.5 Å². The number of esters is 1. The van der Waals surface area contributed by atoms with Crippen molar-refractivity contribution in [1.82, 2.24) is 0 Å². The van der Waals surface area contributed by atoms with E-state index in [4.69, 9.17) is 4.74 Å². The van der Waals surface area contributed by atoms with Gasteiger partial charge in [0.1, 0.15) is 6.61 Å². The molecule has 0 bridgehead atoms. The quantitative estimate of drug-likeness (QED) is 0.471. The van der Waals surface area contributed by atoms with Gasteiger partial charge in [-0.25, -0.2) is 4.79 Å². The normalized spacial score (nSPS) is 10.1. The van der Waals surface area contributed by atoms with Crippen LogP contribution in [0.5, 0.6) is 0 Å². The fourth-order valence-electron chi connectivity index (χ4n) is 0.829. The molecule has 0 saturated carbocycles. The molecule has 74 valence electrons. The lowest BCUT2D eigenvalue weighted by molar-refractivity contribution is -0.136. The molecule has 0 fully saturated rings. The minimum absolute atomic E-state index is 0.230. The largest absolute Gasteiger partial charge is 0.456 e. The van der Waals surface area contributed by atoms with Gasteiger partial charge in [0.25, 0.3) is 0 Å². The van der Waals surface area contributed by atoms with Gasteiger partial charge in [-0.05, 0) is 5.56 Å². The first-order chi connectivity index (χ1) is 6.83. The number of carbonyl (C=O) groups excluding carboxylic acids is 1. The molecule has 0 aliphatic carbocycles. The van der Waals surface area contributed by atoms with E-state index < -0.39 is 5.97 Å². The Morgan fingerprint density at radius 2 is 2.14 bits per heavy atom. The fraction of sp³-hybridized carbons (Fsp3) is 0.111. The van der Waals surface area contributed by atoms with E-state index in [1.54, 1.807) is 0 Å². The van der Waals surface area contributed by atoms with Crippen molar-refractivity contribution in [3.63, 3.8) is 0 Å². The topological polar surface area (TPSA) is 47.9 Å². The molecule has 0 spiro atoms. The van der Waals surface area contributed by atoms with Crippen LogP contribution in [0.15, 0.2) is 35.5 Å². The van der Waals surface area contributed by atoms with Crippen molar-refractivity contribution < 1.29 is 13.5 Å². The summed E-state index contributed by atoms with van der Waals surface area (Å²) in [5.41, 5.74) is 0.925. The van der Waals surface area contributed by atoms with Crippen molar-refractivity contribution in [2.24, 2.45) is 5.16 Å². The first-order valence-corrected chi connectivity index (χ1v) is 4.49. The second-order valence-corrected chi connectivity index (χ2v) is 2.69. The Bertz CT molecular complexity index is 313. The standard InChI is InChI=1S/C9H8BrNO3/c10-14-11-6-9(12)13-7-8-4-2-1-3-5-8/h1-6H,7H2/b11-6+. The van der Waals surface area contributed by atoms with Crippen LogP contribution < -0.4 is 0 Å². The molecular weight excluding hydrogens is 250 g/mol. The minimum atomic E-state index is -0.548. The zero-order valence-corrected chi connectivity index (χ0v) is 8.81. The Morgan fingerprint density at radius 1 is 1.43 bits per heavy atom. The number of hydrogen-bond donors (Lipinski definition) is 0. The molecule has 1 rings (SSSR count). The summed E-state index contributed by atoms with van der Waals surface area (Å²) in [7, 11) is 0. The molecule has 0 saturated heterocycles. The van der Waals surface area contributed by atoms with Crippen LogP contribution in [-0.2, 0) is 20.1 Å². The molecule has 0 radical (unpaired) electrons. The van der Waals surface area contributed by atoms with Crippen LogP contribution in [-0.4, -0.2) is 12.2 Å². The molecule has 1 aromatic carbocycles. The summed E-state index contributed by atoms with van der Waals surface area (Å²) in [5, 5.41) is 3.20. The zero-order chi connectivity index (χ0) is 10.2. The van der Waals surface area contributed by atoms with E-state index in [9.17, 15) is 4.79 Å². The van der Waals surface area contributed by atoms with Crippen LogP contribution in [0.4, 0.5) is 0 Å². The third-order valence-corrected chi connectivity index (χ3v) is 1.59. The maximum Gasteiger partial charge on any atom is 0.353 e. The molecule has 0 heterocycles. The number of oxime groups is 1. The number of hydrogen-bond acceptors (Lipinski definition) is 4. The summed E-state index contributed by atoms with van der Waals surface area (Å²) in [4.78, 5) is 10.9. The molecule has 0 unspecified atom stereocenters. The fourth-order valence-corrected chi connectivity index (χ4v) is 0.913. The first kappa shape index (κ1) is 10.7. The van der Waals surface area contributed by atoms with Gasteiger partial charge in [0, 0.05) is 0 Å². The van der Waals surface area contributed by atoms with Crippen LogP contribution >= 0.6 is 16.3 Å². The number of benzene rings is 1.